The van der Waals surface area contributed by atoms with Crippen LogP contribution < -0.4 is 5.32 Å². The molecule has 1 aromatic heterocycles. The van der Waals surface area contributed by atoms with Gasteiger partial charge in [0.15, 0.2) is 0 Å². The third-order valence-corrected chi connectivity index (χ3v) is 2.90. The van der Waals surface area contributed by atoms with E-state index >= 15 is 0 Å². The maximum absolute atomic E-state index is 11.9. The molecule has 0 aliphatic rings. The van der Waals surface area contributed by atoms with Crippen molar-refractivity contribution in [1.29, 1.82) is 0 Å². The molecule has 5 nitrogen and oxygen atoms in total. The number of amides is 1. The lowest BCUT2D eigenvalue weighted by molar-refractivity contribution is 0.0952. The highest BCUT2D eigenvalue weighted by atomic mass is 35.5. The van der Waals surface area contributed by atoms with Gasteiger partial charge in [0.1, 0.15) is 0 Å². The first-order valence-electron chi connectivity index (χ1n) is 5.27. The molecule has 0 bridgehead atoms. The van der Waals surface area contributed by atoms with E-state index in [1.54, 1.807) is 35.3 Å². The Morgan fingerprint density at radius 3 is 3.06 bits per heavy atom. The molecule has 1 amide bonds. The van der Waals surface area contributed by atoms with Gasteiger partial charge in [0.05, 0.1) is 23.3 Å². The van der Waals surface area contributed by atoms with Crippen molar-refractivity contribution >= 4 is 30.1 Å². The first kappa shape index (κ1) is 12.9. The third kappa shape index (κ3) is 3.24. The molecule has 2 rings (SSSR count). The van der Waals surface area contributed by atoms with Gasteiger partial charge in [0.2, 0.25) is 0 Å². The Balaban J connectivity index is 1.93. The molecule has 0 unspecified atom stereocenters. The molecule has 0 fully saturated rings. The summed E-state index contributed by atoms with van der Waals surface area (Å²) >= 11 is 10.1. The van der Waals surface area contributed by atoms with E-state index in [1.807, 2.05) is 0 Å². The molecule has 0 aliphatic heterocycles. The number of thiol groups is 1. The summed E-state index contributed by atoms with van der Waals surface area (Å²) < 4.78 is 1.64. The Labute approximate surface area is 115 Å². The number of nitrogens with one attached hydrogen (secondary N) is 1. The predicted molar refractivity (Wildman–Crippen MR) is 71.1 cm³/mol. The Morgan fingerprint density at radius 1 is 1.50 bits per heavy atom. The van der Waals surface area contributed by atoms with E-state index in [2.05, 4.69) is 28.3 Å². The summed E-state index contributed by atoms with van der Waals surface area (Å²) in [7, 11) is 0. The molecule has 0 spiro atoms. The second-order valence-corrected chi connectivity index (χ2v) is 4.51. The Morgan fingerprint density at radius 2 is 2.33 bits per heavy atom. The van der Waals surface area contributed by atoms with E-state index in [0.29, 0.717) is 28.6 Å². The van der Waals surface area contributed by atoms with Crippen LogP contribution in [0.25, 0.3) is 0 Å². The van der Waals surface area contributed by atoms with Crippen LogP contribution in [0.5, 0.6) is 0 Å². The predicted octanol–water partition coefficient (Wildman–Crippen LogP) is 1.65. The summed E-state index contributed by atoms with van der Waals surface area (Å²) in [6, 6.07) is 5.02. The zero-order valence-electron chi connectivity index (χ0n) is 9.38. The fourth-order valence-corrected chi connectivity index (χ4v) is 1.83. The molecule has 0 saturated heterocycles. The van der Waals surface area contributed by atoms with Crippen LogP contribution >= 0.6 is 24.2 Å². The minimum absolute atomic E-state index is 0.226. The summed E-state index contributed by atoms with van der Waals surface area (Å²) in [5.41, 5.74) is 0.419. The van der Waals surface area contributed by atoms with Gasteiger partial charge in [-0.2, -0.15) is 0 Å². The first-order chi connectivity index (χ1) is 8.66. The van der Waals surface area contributed by atoms with Crippen LogP contribution in [0.15, 0.2) is 35.5 Å². The van der Waals surface area contributed by atoms with Gasteiger partial charge < -0.3 is 5.32 Å². The topological polar surface area (TPSA) is 59.8 Å². The van der Waals surface area contributed by atoms with E-state index in [-0.39, 0.29) is 5.91 Å². The lowest BCUT2D eigenvalue weighted by atomic mass is 10.2. The van der Waals surface area contributed by atoms with Gasteiger partial charge >= 0.3 is 0 Å². The van der Waals surface area contributed by atoms with Crippen LogP contribution in [0.1, 0.15) is 10.4 Å². The average molecular weight is 283 g/mol. The van der Waals surface area contributed by atoms with Crippen LogP contribution in [0.2, 0.25) is 5.02 Å². The normalized spacial score (nSPS) is 10.3. The van der Waals surface area contributed by atoms with Gasteiger partial charge in [-0.1, -0.05) is 16.8 Å². The summed E-state index contributed by atoms with van der Waals surface area (Å²) in [5.74, 6) is -0.226. The van der Waals surface area contributed by atoms with Crippen molar-refractivity contribution in [3.8, 4) is 0 Å². The minimum Gasteiger partial charge on any atom is -0.350 e. The van der Waals surface area contributed by atoms with Gasteiger partial charge in [0, 0.05) is 17.6 Å². The lowest BCUT2D eigenvalue weighted by Gasteiger charge is -2.07. The molecule has 7 heteroatoms. The number of benzene rings is 1. The third-order valence-electron chi connectivity index (χ3n) is 2.29. The highest BCUT2D eigenvalue weighted by Crippen LogP contribution is 2.19. The monoisotopic (exact) mass is 282 g/mol. The van der Waals surface area contributed by atoms with E-state index in [0.717, 1.165) is 0 Å². The van der Waals surface area contributed by atoms with Crippen molar-refractivity contribution in [3.05, 3.63) is 41.2 Å². The molecule has 94 valence electrons. The molecule has 0 atom stereocenters. The summed E-state index contributed by atoms with van der Waals surface area (Å²) in [5, 5.41) is 10.6. The van der Waals surface area contributed by atoms with Gasteiger partial charge in [-0.05, 0) is 18.2 Å². The van der Waals surface area contributed by atoms with Crippen molar-refractivity contribution < 1.29 is 4.79 Å². The maximum atomic E-state index is 11.9. The number of aromatic nitrogens is 3. The van der Waals surface area contributed by atoms with E-state index in [1.165, 1.54) is 0 Å². The number of halogens is 1. The first-order valence-corrected chi connectivity index (χ1v) is 6.10. The van der Waals surface area contributed by atoms with Gasteiger partial charge in [-0.15, -0.1) is 17.7 Å². The van der Waals surface area contributed by atoms with Gasteiger partial charge in [-0.25, -0.2) is 0 Å². The molecule has 1 heterocycles. The second-order valence-electron chi connectivity index (χ2n) is 3.59. The van der Waals surface area contributed by atoms with Crippen molar-refractivity contribution in [1.82, 2.24) is 20.3 Å². The maximum Gasteiger partial charge on any atom is 0.252 e. The van der Waals surface area contributed by atoms with Gasteiger partial charge in [-0.3, -0.25) is 9.48 Å². The number of nitrogens with zero attached hydrogens (tertiary/aromatic N) is 3. The zero-order valence-corrected chi connectivity index (χ0v) is 11.0. The SMILES string of the molecule is O=C(NCCn1ccnn1)c1cc(S)ccc1Cl. The average Bonchev–Trinajstić information content (AvgIpc) is 2.85. The standard InChI is InChI=1S/C11H11ClN4OS/c12-10-2-1-8(18)7-9(10)11(17)13-3-5-16-6-4-14-15-16/h1-2,4,6-7,18H,3,5H2,(H,13,17). The van der Waals surface area contributed by atoms with Crippen LogP contribution in [0, 0.1) is 0 Å². The molecule has 2 aromatic rings. The Bertz CT molecular complexity index is 544. The number of carbonyl (C=O) groups excluding carboxylic acids is 1. The largest absolute Gasteiger partial charge is 0.350 e. The van der Waals surface area contributed by atoms with Crippen LogP contribution in [0.4, 0.5) is 0 Å². The molecule has 18 heavy (non-hydrogen) atoms. The molecular formula is C11H11ClN4OS. The number of carbonyl (C=O) groups is 1. The van der Waals surface area contributed by atoms with Gasteiger partial charge in [0.25, 0.3) is 5.91 Å². The van der Waals surface area contributed by atoms with Crippen molar-refractivity contribution in [2.75, 3.05) is 6.54 Å². The number of hydrogen-bond acceptors (Lipinski definition) is 4. The number of rotatable bonds is 4. The quantitative estimate of drug-likeness (QED) is 0.839. The highest BCUT2D eigenvalue weighted by Gasteiger charge is 2.09. The van der Waals surface area contributed by atoms with E-state index in [9.17, 15) is 4.79 Å². The van der Waals surface area contributed by atoms with E-state index < -0.39 is 0 Å². The smallest absolute Gasteiger partial charge is 0.252 e. The Hall–Kier alpha value is -1.53. The number of hydrogen-bond donors (Lipinski definition) is 2. The molecule has 1 aromatic carbocycles. The van der Waals surface area contributed by atoms with Crippen molar-refractivity contribution in [2.45, 2.75) is 11.4 Å². The molecule has 0 aliphatic carbocycles. The lowest BCUT2D eigenvalue weighted by Crippen LogP contribution is -2.27. The second kappa shape index (κ2) is 5.88. The highest BCUT2D eigenvalue weighted by molar-refractivity contribution is 7.80. The zero-order chi connectivity index (χ0) is 13.0. The molecule has 1 N–H and O–H groups in total. The fraction of sp³-hybridized carbons (Fsp3) is 0.182. The minimum atomic E-state index is -0.226. The summed E-state index contributed by atoms with van der Waals surface area (Å²) in [6.07, 6.45) is 3.32. The molecular weight excluding hydrogens is 272 g/mol. The van der Waals surface area contributed by atoms with Crippen molar-refractivity contribution in [3.63, 3.8) is 0 Å². The van der Waals surface area contributed by atoms with Crippen LogP contribution in [-0.2, 0) is 6.54 Å². The van der Waals surface area contributed by atoms with E-state index in [4.69, 9.17) is 11.6 Å². The van der Waals surface area contributed by atoms with Crippen molar-refractivity contribution in [2.24, 2.45) is 0 Å². The fourth-order valence-electron chi connectivity index (χ4n) is 1.42. The van der Waals surface area contributed by atoms with Crippen LogP contribution in [-0.4, -0.2) is 27.4 Å². The Kier molecular flexibility index (Phi) is 4.22. The summed E-state index contributed by atoms with van der Waals surface area (Å²) in [6.45, 7) is 1.01. The van der Waals surface area contributed by atoms with Crippen LogP contribution in [0.3, 0.4) is 0 Å². The molecule has 0 radical (unpaired) electrons. The summed E-state index contributed by atoms with van der Waals surface area (Å²) in [4.78, 5) is 12.6. The molecule has 0 saturated carbocycles.